The van der Waals surface area contributed by atoms with E-state index in [-0.39, 0.29) is 12.8 Å². The van der Waals surface area contributed by atoms with Crippen LogP contribution in [0.25, 0.3) is 0 Å². The van der Waals surface area contributed by atoms with E-state index >= 15 is 0 Å². The maximum atomic E-state index is 11.1. The van der Waals surface area contributed by atoms with Crippen LogP contribution in [0, 0.1) is 0 Å². The minimum atomic E-state index is -2.25. The minimum absolute atomic E-state index is 0.118. The predicted octanol–water partition coefficient (Wildman–Crippen LogP) is 1.23. The molecule has 0 aliphatic heterocycles. The zero-order valence-electron chi connectivity index (χ0n) is 3.79. The Morgan fingerprint density at radius 1 is 1.29 bits per heavy atom. The lowest BCUT2D eigenvalue weighted by molar-refractivity contribution is -0.0979. The lowest BCUT2D eigenvalue weighted by Crippen LogP contribution is -1.79. The molecule has 0 spiro atoms. The van der Waals surface area contributed by atoms with Crippen molar-refractivity contribution in [3.8, 4) is 0 Å². The molecule has 0 heterocycles. The molecule has 0 N–H and O–H groups in total. The zero-order chi connectivity index (χ0) is 5.91. The van der Waals surface area contributed by atoms with E-state index in [1.54, 1.807) is 0 Å². The number of hydrogen-bond donors (Lipinski definition) is 0. The summed E-state index contributed by atoms with van der Waals surface area (Å²) in [5.74, 6) is -2.25. The molecule has 1 aliphatic rings. The SMILES string of the molecule is C=O.FC1(F)CC1. The summed E-state index contributed by atoms with van der Waals surface area (Å²) in [5, 5.41) is 0. The van der Waals surface area contributed by atoms with Gasteiger partial charge in [0.05, 0.1) is 0 Å². The minimum Gasteiger partial charge on any atom is -0.307 e. The number of halogens is 2. The first-order chi connectivity index (χ1) is 3.21. The molecule has 0 saturated heterocycles. The molecular formula is C4H6F2O. The van der Waals surface area contributed by atoms with Gasteiger partial charge in [-0.3, -0.25) is 0 Å². The molecule has 0 atom stereocenters. The van der Waals surface area contributed by atoms with Gasteiger partial charge in [0.15, 0.2) is 0 Å². The highest BCUT2D eigenvalue weighted by molar-refractivity contribution is 5.10. The molecule has 1 saturated carbocycles. The Labute approximate surface area is 40.3 Å². The average molecular weight is 108 g/mol. The standard InChI is InChI=1S/C3H4F2.CH2O/c4-3(5)1-2-3;1-2/h1-2H2;1H2. The summed E-state index contributed by atoms with van der Waals surface area (Å²) in [6.07, 6.45) is 0.236. The van der Waals surface area contributed by atoms with E-state index in [9.17, 15) is 8.78 Å². The van der Waals surface area contributed by atoms with Gasteiger partial charge in [0.2, 0.25) is 5.92 Å². The van der Waals surface area contributed by atoms with Gasteiger partial charge in [-0.25, -0.2) is 8.78 Å². The molecule has 1 fully saturated rings. The summed E-state index contributed by atoms with van der Waals surface area (Å²) in [6.45, 7) is 2.00. The Balaban J connectivity index is 0.000000162. The van der Waals surface area contributed by atoms with Gasteiger partial charge in [0, 0.05) is 12.8 Å². The molecule has 0 bridgehead atoms. The Kier molecular flexibility index (Phi) is 1.87. The maximum Gasteiger partial charge on any atom is 0.248 e. The molecule has 0 amide bonds. The third kappa shape index (κ3) is 3.36. The number of carbonyl (C=O) groups is 1. The van der Waals surface area contributed by atoms with Crippen molar-refractivity contribution in [2.45, 2.75) is 18.8 Å². The average Bonchev–Trinajstić information content (AvgIpc) is 2.26. The van der Waals surface area contributed by atoms with Crippen molar-refractivity contribution in [2.24, 2.45) is 0 Å². The first kappa shape index (κ1) is 6.53. The molecular weight excluding hydrogens is 102 g/mol. The highest BCUT2D eigenvalue weighted by Gasteiger charge is 2.43. The van der Waals surface area contributed by atoms with Crippen LogP contribution < -0.4 is 0 Å². The Hall–Kier alpha value is -0.470. The molecule has 0 aromatic carbocycles. The van der Waals surface area contributed by atoms with Crippen LogP contribution in [0.5, 0.6) is 0 Å². The van der Waals surface area contributed by atoms with E-state index in [0.29, 0.717) is 0 Å². The second kappa shape index (κ2) is 2.00. The van der Waals surface area contributed by atoms with E-state index in [4.69, 9.17) is 4.79 Å². The second-order valence-corrected chi connectivity index (χ2v) is 1.36. The van der Waals surface area contributed by atoms with Crippen LogP contribution in [0.1, 0.15) is 12.8 Å². The van der Waals surface area contributed by atoms with E-state index in [0.717, 1.165) is 0 Å². The highest BCUT2D eigenvalue weighted by Crippen LogP contribution is 2.40. The summed E-state index contributed by atoms with van der Waals surface area (Å²) < 4.78 is 22.3. The van der Waals surface area contributed by atoms with Crippen LogP contribution in [-0.2, 0) is 4.79 Å². The van der Waals surface area contributed by atoms with Crippen molar-refractivity contribution in [1.82, 2.24) is 0 Å². The van der Waals surface area contributed by atoms with Crippen molar-refractivity contribution in [3.05, 3.63) is 0 Å². The van der Waals surface area contributed by atoms with Gasteiger partial charge in [0.1, 0.15) is 6.79 Å². The summed E-state index contributed by atoms with van der Waals surface area (Å²) in [4.78, 5) is 8.00. The smallest absolute Gasteiger partial charge is 0.248 e. The third-order valence-electron chi connectivity index (χ3n) is 0.628. The van der Waals surface area contributed by atoms with Gasteiger partial charge >= 0.3 is 0 Å². The van der Waals surface area contributed by atoms with Crippen LogP contribution in [0.2, 0.25) is 0 Å². The topological polar surface area (TPSA) is 17.1 Å². The molecule has 0 aromatic rings. The fourth-order valence-corrected chi connectivity index (χ4v) is 0.0945. The van der Waals surface area contributed by atoms with Crippen LogP contribution in [0.4, 0.5) is 8.78 Å². The Morgan fingerprint density at radius 2 is 1.43 bits per heavy atom. The Morgan fingerprint density at radius 3 is 1.43 bits per heavy atom. The van der Waals surface area contributed by atoms with Crippen LogP contribution in [0.15, 0.2) is 0 Å². The molecule has 42 valence electrons. The molecule has 7 heavy (non-hydrogen) atoms. The van der Waals surface area contributed by atoms with E-state index < -0.39 is 5.92 Å². The summed E-state index contributed by atoms with van der Waals surface area (Å²) >= 11 is 0. The predicted molar refractivity (Wildman–Crippen MR) is 21.3 cm³/mol. The fourth-order valence-electron chi connectivity index (χ4n) is 0.0945. The maximum absolute atomic E-state index is 11.1. The van der Waals surface area contributed by atoms with Crippen molar-refractivity contribution in [2.75, 3.05) is 0 Å². The molecule has 0 aromatic heterocycles. The molecule has 1 rings (SSSR count). The van der Waals surface area contributed by atoms with Gasteiger partial charge < -0.3 is 4.79 Å². The van der Waals surface area contributed by atoms with Crippen LogP contribution >= 0.6 is 0 Å². The highest BCUT2D eigenvalue weighted by atomic mass is 19.3. The van der Waals surface area contributed by atoms with Crippen molar-refractivity contribution in [3.63, 3.8) is 0 Å². The lowest BCUT2D eigenvalue weighted by atomic mass is 10.8. The van der Waals surface area contributed by atoms with Gasteiger partial charge in [-0.1, -0.05) is 0 Å². The first-order valence-electron chi connectivity index (χ1n) is 1.87. The molecule has 3 heteroatoms. The number of rotatable bonds is 0. The Bertz CT molecular complexity index is 56.7. The van der Waals surface area contributed by atoms with Gasteiger partial charge in [-0.05, 0) is 0 Å². The number of alkyl halides is 2. The van der Waals surface area contributed by atoms with Gasteiger partial charge in [-0.2, -0.15) is 0 Å². The molecule has 1 aliphatic carbocycles. The van der Waals surface area contributed by atoms with Crippen molar-refractivity contribution >= 4 is 6.79 Å². The quantitative estimate of drug-likeness (QED) is 0.456. The summed E-state index contributed by atoms with van der Waals surface area (Å²) in [6, 6.07) is 0. The molecule has 0 unspecified atom stereocenters. The van der Waals surface area contributed by atoms with E-state index in [2.05, 4.69) is 0 Å². The number of hydrogen-bond acceptors (Lipinski definition) is 1. The van der Waals surface area contributed by atoms with E-state index in [1.165, 1.54) is 0 Å². The third-order valence-corrected chi connectivity index (χ3v) is 0.628. The van der Waals surface area contributed by atoms with Crippen molar-refractivity contribution < 1.29 is 13.6 Å². The van der Waals surface area contributed by atoms with Gasteiger partial charge in [-0.15, -0.1) is 0 Å². The van der Waals surface area contributed by atoms with Crippen LogP contribution in [0.3, 0.4) is 0 Å². The monoisotopic (exact) mass is 108 g/mol. The summed E-state index contributed by atoms with van der Waals surface area (Å²) in [7, 11) is 0. The summed E-state index contributed by atoms with van der Waals surface area (Å²) in [5.41, 5.74) is 0. The normalized spacial score (nSPS) is 22.0. The first-order valence-corrected chi connectivity index (χ1v) is 1.87. The zero-order valence-corrected chi connectivity index (χ0v) is 3.79. The number of carbonyl (C=O) groups excluding carboxylic acids is 1. The lowest BCUT2D eigenvalue weighted by Gasteiger charge is -1.76. The molecule has 0 radical (unpaired) electrons. The fraction of sp³-hybridized carbons (Fsp3) is 0.750. The van der Waals surface area contributed by atoms with Crippen molar-refractivity contribution in [1.29, 1.82) is 0 Å². The van der Waals surface area contributed by atoms with E-state index in [1.807, 2.05) is 6.79 Å². The largest absolute Gasteiger partial charge is 0.307 e. The second-order valence-electron chi connectivity index (χ2n) is 1.36. The van der Waals surface area contributed by atoms with Gasteiger partial charge in [0.25, 0.3) is 0 Å². The van der Waals surface area contributed by atoms with Crippen LogP contribution in [-0.4, -0.2) is 12.7 Å². The molecule has 1 nitrogen and oxygen atoms in total.